The monoisotopic (exact) mass is 328 g/mol. The summed E-state index contributed by atoms with van der Waals surface area (Å²) in [6.45, 7) is 3.29. The first-order valence-electron chi connectivity index (χ1n) is 5.75. The van der Waals surface area contributed by atoms with Crippen LogP contribution in [-0.2, 0) is 11.3 Å². The zero-order valence-corrected chi connectivity index (χ0v) is 12.7. The minimum absolute atomic E-state index is 0.334. The van der Waals surface area contributed by atoms with Crippen molar-refractivity contribution in [2.45, 2.75) is 25.9 Å². The number of amides is 2. The minimum atomic E-state index is -1.25. The third-order valence-corrected chi connectivity index (χ3v) is 3.83. The molecule has 0 heterocycles. The van der Waals surface area contributed by atoms with Gasteiger partial charge in [-0.25, -0.2) is 9.59 Å². The highest BCUT2D eigenvalue weighted by Gasteiger charge is 2.35. The van der Waals surface area contributed by atoms with Gasteiger partial charge < -0.3 is 15.3 Å². The lowest BCUT2D eigenvalue weighted by atomic mass is 10.1. The molecule has 0 saturated carbocycles. The summed E-state index contributed by atoms with van der Waals surface area (Å²) in [6, 6.07) is 7.09. The fourth-order valence-electron chi connectivity index (χ4n) is 1.33. The molecule has 0 bridgehead atoms. The van der Waals surface area contributed by atoms with Crippen LogP contribution < -0.4 is 5.32 Å². The summed E-state index contributed by atoms with van der Waals surface area (Å²) >= 11 is 3.39. The first-order valence-corrected chi connectivity index (χ1v) is 6.54. The Labute approximate surface area is 120 Å². The molecule has 0 aromatic heterocycles. The smallest absolute Gasteiger partial charge is 0.329 e. The Morgan fingerprint density at radius 3 is 2.47 bits per heavy atom. The van der Waals surface area contributed by atoms with Crippen LogP contribution in [0.25, 0.3) is 0 Å². The first kappa shape index (κ1) is 15.5. The van der Waals surface area contributed by atoms with Gasteiger partial charge >= 0.3 is 12.0 Å². The highest BCUT2D eigenvalue weighted by atomic mass is 79.9. The SMILES string of the molecule is CN(C(=O)NCc1ccccc1Br)C(C)(C)C(=O)O. The molecule has 1 aromatic rings. The number of halogens is 1. The van der Waals surface area contributed by atoms with Gasteiger partial charge in [0.15, 0.2) is 0 Å². The summed E-state index contributed by atoms with van der Waals surface area (Å²) in [5, 5.41) is 11.8. The van der Waals surface area contributed by atoms with Crippen LogP contribution in [0.5, 0.6) is 0 Å². The van der Waals surface area contributed by atoms with E-state index in [-0.39, 0.29) is 0 Å². The van der Waals surface area contributed by atoms with Crippen LogP contribution >= 0.6 is 15.9 Å². The van der Waals surface area contributed by atoms with Crippen molar-refractivity contribution < 1.29 is 14.7 Å². The van der Waals surface area contributed by atoms with Gasteiger partial charge in [-0.2, -0.15) is 0 Å². The van der Waals surface area contributed by atoms with E-state index in [1.807, 2.05) is 24.3 Å². The number of urea groups is 1. The summed E-state index contributed by atoms with van der Waals surface area (Å²) in [5.74, 6) is -1.05. The normalized spacial score (nSPS) is 10.9. The molecule has 2 N–H and O–H groups in total. The van der Waals surface area contributed by atoms with E-state index >= 15 is 0 Å². The lowest BCUT2D eigenvalue weighted by Crippen LogP contribution is -2.53. The predicted molar refractivity (Wildman–Crippen MR) is 75.9 cm³/mol. The van der Waals surface area contributed by atoms with Gasteiger partial charge in [0.2, 0.25) is 0 Å². The topological polar surface area (TPSA) is 69.6 Å². The van der Waals surface area contributed by atoms with Crippen LogP contribution in [0.1, 0.15) is 19.4 Å². The van der Waals surface area contributed by atoms with Crippen molar-refractivity contribution in [1.29, 1.82) is 0 Å². The van der Waals surface area contributed by atoms with Gasteiger partial charge in [-0.05, 0) is 25.5 Å². The molecule has 0 radical (unpaired) electrons. The molecule has 0 atom stereocenters. The van der Waals surface area contributed by atoms with Crippen molar-refractivity contribution in [2.24, 2.45) is 0 Å². The van der Waals surface area contributed by atoms with Crippen LogP contribution in [0.15, 0.2) is 28.7 Å². The zero-order valence-electron chi connectivity index (χ0n) is 11.1. The molecule has 104 valence electrons. The Kier molecular flexibility index (Phi) is 4.94. The summed E-state index contributed by atoms with van der Waals surface area (Å²) < 4.78 is 0.899. The van der Waals surface area contributed by atoms with Crippen LogP contribution in [0.2, 0.25) is 0 Å². The van der Waals surface area contributed by atoms with Gasteiger partial charge in [0.05, 0.1) is 0 Å². The lowest BCUT2D eigenvalue weighted by molar-refractivity contribution is -0.146. The first-order chi connectivity index (χ1) is 8.76. The summed E-state index contributed by atoms with van der Waals surface area (Å²) in [7, 11) is 1.46. The Balaban J connectivity index is 2.66. The Hall–Kier alpha value is -1.56. The highest BCUT2D eigenvalue weighted by Crippen LogP contribution is 2.16. The summed E-state index contributed by atoms with van der Waals surface area (Å²) in [4.78, 5) is 24.2. The maximum absolute atomic E-state index is 11.9. The second-order valence-corrected chi connectivity index (χ2v) is 5.53. The van der Waals surface area contributed by atoms with Gasteiger partial charge in [-0.3, -0.25) is 0 Å². The van der Waals surface area contributed by atoms with E-state index in [0.29, 0.717) is 6.54 Å². The number of hydrogen-bond donors (Lipinski definition) is 2. The van der Waals surface area contributed by atoms with Crippen LogP contribution in [-0.4, -0.2) is 34.6 Å². The van der Waals surface area contributed by atoms with Crippen LogP contribution in [0.3, 0.4) is 0 Å². The average molecular weight is 329 g/mol. The van der Waals surface area contributed by atoms with Gasteiger partial charge in [-0.15, -0.1) is 0 Å². The Morgan fingerprint density at radius 2 is 1.95 bits per heavy atom. The third-order valence-electron chi connectivity index (χ3n) is 3.05. The molecule has 2 amide bonds. The molecule has 1 rings (SSSR count). The Bertz CT molecular complexity index is 489. The number of carboxylic acid groups (broad SMARTS) is 1. The molecule has 0 saturated heterocycles. The largest absolute Gasteiger partial charge is 0.480 e. The fraction of sp³-hybridized carbons (Fsp3) is 0.385. The van der Waals surface area contributed by atoms with Gasteiger partial charge in [0, 0.05) is 18.1 Å². The van der Waals surface area contributed by atoms with Crippen molar-refractivity contribution in [1.82, 2.24) is 10.2 Å². The molecule has 0 aliphatic heterocycles. The van der Waals surface area contributed by atoms with Crippen molar-refractivity contribution in [2.75, 3.05) is 7.05 Å². The van der Waals surface area contributed by atoms with Crippen molar-refractivity contribution in [3.63, 3.8) is 0 Å². The zero-order chi connectivity index (χ0) is 14.6. The van der Waals surface area contributed by atoms with Gasteiger partial charge in [-0.1, -0.05) is 34.1 Å². The summed E-state index contributed by atoms with van der Waals surface area (Å²) in [6.07, 6.45) is 0. The predicted octanol–water partition coefficient (Wildman–Crippen LogP) is 2.45. The third kappa shape index (κ3) is 3.70. The molecule has 19 heavy (non-hydrogen) atoms. The lowest BCUT2D eigenvalue weighted by Gasteiger charge is -2.31. The number of nitrogens with zero attached hydrogens (tertiary/aromatic N) is 1. The van der Waals surface area contributed by atoms with Gasteiger partial charge in [0.1, 0.15) is 5.54 Å². The van der Waals surface area contributed by atoms with E-state index in [1.165, 1.54) is 25.8 Å². The molecule has 0 aliphatic carbocycles. The number of carbonyl (C=O) groups is 2. The van der Waals surface area contributed by atoms with E-state index in [1.54, 1.807) is 0 Å². The second-order valence-electron chi connectivity index (χ2n) is 4.67. The maximum atomic E-state index is 11.9. The number of carboxylic acids is 1. The van der Waals surface area contributed by atoms with Crippen LogP contribution in [0, 0.1) is 0 Å². The molecular formula is C13H17BrN2O3. The van der Waals surface area contributed by atoms with Crippen LogP contribution in [0.4, 0.5) is 4.79 Å². The Morgan fingerprint density at radius 1 is 1.37 bits per heavy atom. The van der Waals surface area contributed by atoms with E-state index in [4.69, 9.17) is 5.11 Å². The molecule has 0 fully saturated rings. The number of carbonyl (C=O) groups excluding carboxylic acids is 1. The number of benzene rings is 1. The average Bonchev–Trinajstić information content (AvgIpc) is 2.36. The van der Waals surface area contributed by atoms with Crippen molar-refractivity contribution in [3.8, 4) is 0 Å². The number of nitrogens with one attached hydrogen (secondary N) is 1. The molecule has 0 aliphatic rings. The number of aliphatic carboxylic acids is 1. The van der Waals surface area contributed by atoms with E-state index in [2.05, 4.69) is 21.2 Å². The quantitative estimate of drug-likeness (QED) is 0.891. The molecular weight excluding hydrogens is 312 g/mol. The minimum Gasteiger partial charge on any atom is -0.480 e. The van der Waals surface area contributed by atoms with E-state index < -0.39 is 17.5 Å². The highest BCUT2D eigenvalue weighted by molar-refractivity contribution is 9.10. The fourth-order valence-corrected chi connectivity index (χ4v) is 1.75. The summed E-state index contributed by atoms with van der Waals surface area (Å²) in [5.41, 5.74) is -0.324. The second kappa shape index (κ2) is 6.06. The number of hydrogen-bond acceptors (Lipinski definition) is 2. The molecule has 0 spiro atoms. The molecule has 5 nitrogen and oxygen atoms in total. The standard InChI is InChI=1S/C13H17BrN2O3/c1-13(2,11(17)18)16(3)12(19)15-8-9-6-4-5-7-10(9)14/h4-7H,8H2,1-3H3,(H,15,19)(H,17,18). The van der Waals surface area contributed by atoms with Crippen molar-refractivity contribution in [3.05, 3.63) is 34.3 Å². The number of rotatable bonds is 4. The van der Waals surface area contributed by atoms with E-state index in [9.17, 15) is 9.59 Å². The molecule has 0 unspecified atom stereocenters. The maximum Gasteiger partial charge on any atom is 0.329 e. The molecule has 6 heteroatoms. The number of likely N-dealkylation sites (N-methyl/N-ethyl adjacent to an activating group) is 1. The van der Waals surface area contributed by atoms with Crippen molar-refractivity contribution >= 4 is 27.9 Å². The van der Waals surface area contributed by atoms with E-state index in [0.717, 1.165) is 10.0 Å². The van der Waals surface area contributed by atoms with Gasteiger partial charge in [0.25, 0.3) is 0 Å². The molecule has 1 aromatic carbocycles.